The third kappa shape index (κ3) is 3.44. The zero-order valence-electron chi connectivity index (χ0n) is 7.56. The Balaban J connectivity index is 4.79. The van der Waals surface area contributed by atoms with E-state index in [0.717, 1.165) is 0 Å². The molecule has 13 heavy (non-hydrogen) atoms. The van der Waals surface area contributed by atoms with E-state index in [1.165, 1.54) is 0 Å². The first-order valence-electron chi connectivity index (χ1n) is 3.83. The second-order valence-corrected chi connectivity index (χ2v) is 3.81. The maximum atomic E-state index is 10.9. The van der Waals surface area contributed by atoms with Crippen molar-refractivity contribution in [3.8, 4) is 0 Å². The van der Waals surface area contributed by atoms with Crippen LogP contribution in [0.25, 0.3) is 0 Å². The van der Waals surface area contributed by atoms with Crippen LogP contribution in [0.15, 0.2) is 0 Å². The molecule has 0 aliphatic carbocycles. The summed E-state index contributed by atoms with van der Waals surface area (Å²) in [6, 6.07) is 0. The first kappa shape index (κ1) is 12.6. The maximum absolute atomic E-state index is 10.9. The fourth-order valence-corrected chi connectivity index (χ4v) is 1.80. The highest BCUT2D eigenvalue weighted by molar-refractivity contribution is 7.46. The summed E-state index contributed by atoms with van der Waals surface area (Å²) in [6.07, 6.45) is 0.258. The van der Waals surface area contributed by atoms with Gasteiger partial charge in [-0.25, -0.2) is 4.57 Å². The predicted molar refractivity (Wildman–Crippen MR) is 45.6 cm³/mol. The van der Waals surface area contributed by atoms with E-state index in [9.17, 15) is 9.36 Å². The summed E-state index contributed by atoms with van der Waals surface area (Å²) in [5, 5.41) is 0. The average Bonchev–Trinajstić information content (AvgIpc) is 1.98. The molecule has 0 rings (SSSR count). The molecular formula is C6H14NO5P. The molecule has 1 amide bonds. The van der Waals surface area contributed by atoms with Crippen molar-refractivity contribution in [2.75, 3.05) is 0 Å². The van der Waals surface area contributed by atoms with E-state index >= 15 is 0 Å². The first-order chi connectivity index (χ1) is 5.77. The van der Waals surface area contributed by atoms with Crippen LogP contribution in [-0.2, 0) is 13.9 Å². The van der Waals surface area contributed by atoms with E-state index in [-0.39, 0.29) is 12.8 Å². The minimum atomic E-state index is -4.68. The van der Waals surface area contributed by atoms with Gasteiger partial charge in [-0.2, -0.15) is 0 Å². The highest BCUT2D eigenvalue weighted by atomic mass is 31.2. The molecule has 78 valence electrons. The molecule has 6 nitrogen and oxygen atoms in total. The van der Waals surface area contributed by atoms with Gasteiger partial charge in [0.15, 0.2) is 5.60 Å². The van der Waals surface area contributed by atoms with Crippen LogP contribution in [0.1, 0.15) is 26.7 Å². The monoisotopic (exact) mass is 211 g/mol. The van der Waals surface area contributed by atoms with Crippen LogP contribution in [0.5, 0.6) is 0 Å². The Morgan fingerprint density at radius 2 is 1.85 bits per heavy atom. The zero-order chi connectivity index (χ0) is 10.7. The van der Waals surface area contributed by atoms with Crippen LogP contribution in [0.3, 0.4) is 0 Å². The Morgan fingerprint density at radius 1 is 1.46 bits per heavy atom. The fourth-order valence-electron chi connectivity index (χ4n) is 1.00. The Kier molecular flexibility index (Phi) is 4.06. The Bertz CT molecular complexity index is 231. The van der Waals surface area contributed by atoms with Crippen molar-refractivity contribution in [3.63, 3.8) is 0 Å². The quantitative estimate of drug-likeness (QED) is 0.560. The number of carbonyl (C=O) groups excluding carboxylic acids is 1. The normalized spacial score (nSPS) is 12.9. The summed E-state index contributed by atoms with van der Waals surface area (Å²) in [5.74, 6) is -0.860. The molecule has 0 aliphatic heterocycles. The second-order valence-electron chi connectivity index (χ2n) is 2.65. The summed E-state index contributed by atoms with van der Waals surface area (Å²) in [5.41, 5.74) is 3.44. The maximum Gasteiger partial charge on any atom is 0.470 e. The summed E-state index contributed by atoms with van der Waals surface area (Å²) < 4.78 is 14.9. The third-order valence-corrected chi connectivity index (χ3v) is 2.47. The summed E-state index contributed by atoms with van der Waals surface area (Å²) in [4.78, 5) is 28.0. The summed E-state index contributed by atoms with van der Waals surface area (Å²) in [7, 11) is -4.68. The summed E-state index contributed by atoms with van der Waals surface area (Å²) >= 11 is 0. The van der Waals surface area contributed by atoms with E-state index in [1.54, 1.807) is 13.8 Å². The zero-order valence-corrected chi connectivity index (χ0v) is 8.45. The van der Waals surface area contributed by atoms with Gasteiger partial charge in [-0.1, -0.05) is 13.8 Å². The molecule has 0 saturated carbocycles. The number of primary amides is 1. The van der Waals surface area contributed by atoms with Crippen LogP contribution < -0.4 is 5.73 Å². The molecule has 0 atom stereocenters. The Morgan fingerprint density at radius 3 is 1.92 bits per heavy atom. The van der Waals surface area contributed by atoms with Gasteiger partial charge in [-0.15, -0.1) is 0 Å². The van der Waals surface area contributed by atoms with Gasteiger partial charge in [-0.05, 0) is 12.8 Å². The summed E-state index contributed by atoms with van der Waals surface area (Å²) in [6.45, 7) is 3.15. The van der Waals surface area contributed by atoms with Gasteiger partial charge in [0.1, 0.15) is 0 Å². The van der Waals surface area contributed by atoms with Crippen molar-refractivity contribution in [2.45, 2.75) is 32.3 Å². The SMILES string of the molecule is CCC(CC)(OP(=O)(O)O)C(N)=O. The minimum Gasteiger partial charge on any atom is -0.367 e. The number of hydrogen-bond acceptors (Lipinski definition) is 3. The smallest absolute Gasteiger partial charge is 0.367 e. The third-order valence-electron chi connectivity index (χ3n) is 1.88. The molecule has 0 heterocycles. The molecule has 0 spiro atoms. The van der Waals surface area contributed by atoms with Crippen molar-refractivity contribution < 1.29 is 23.7 Å². The largest absolute Gasteiger partial charge is 0.470 e. The number of phosphoric acid groups is 1. The first-order valence-corrected chi connectivity index (χ1v) is 5.36. The number of carbonyl (C=O) groups is 1. The standard InChI is InChI=1S/C6H14NO5P/c1-3-6(4-2,5(7)8)12-13(9,10)11/h3-4H2,1-2H3,(H2,7,8)(H2,9,10,11). The molecule has 0 radical (unpaired) electrons. The fraction of sp³-hybridized carbons (Fsp3) is 0.833. The van der Waals surface area contributed by atoms with Crippen molar-refractivity contribution in [1.82, 2.24) is 0 Å². The number of phosphoric ester groups is 1. The lowest BCUT2D eigenvalue weighted by Gasteiger charge is -2.27. The van der Waals surface area contributed by atoms with Gasteiger partial charge in [0.25, 0.3) is 0 Å². The lowest BCUT2D eigenvalue weighted by Crippen LogP contribution is -2.44. The van der Waals surface area contributed by atoms with E-state index < -0.39 is 19.3 Å². The molecular weight excluding hydrogens is 197 g/mol. The lowest BCUT2D eigenvalue weighted by molar-refractivity contribution is -0.135. The van der Waals surface area contributed by atoms with Gasteiger partial charge >= 0.3 is 7.82 Å². The van der Waals surface area contributed by atoms with Gasteiger partial charge in [0, 0.05) is 0 Å². The lowest BCUT2D eigenvalue weighted by atomic mass is 9.97. The van der Waals surface area contributed by atoms with Gasteiger partial charge in [0.05, 0.1) is 0 Å². The predicted octanol–water partition coefficient (Wildman–Crippen LogP) is 0.140. The van der Waals surface area contributed by atoms with E-state index in [4.69, 9.17) is 15.5 Å². The number of rotatable bonds is 5. The molecule has 0 fully saturated rings. The van der Waals surface area contributed by atoms with E-state index in [0.29, 0.717) is 0 Å². The van der Waals surface area contributed by atoms with E-state index in [2.05, 4.69) is 4.52 Å². The number of hydrogen-bond donors (Lipinski definition) is 3. The van der Waals surface area contributed by atoms with Gasteiger partial charge in [-0.3, -0.25) is 9.32 Å². The topological polar surface area (TPSA) is 110 Å². The minimum absolute atomic E-state index is 0.129. The van der Waals surface area contributed by atoms with Crippen LogP contribution in [0.2, 0.25) is 0 Å². The molecule has 0 unspecified atom stereocenters. The van der Waals surface area contributed by atoms with Crippen LogP contribution in [0.4, 0.5) is 0 Å². The Hall–Kier alpha value is -0.420. The molecule has 0 aliphatic rings. The molecule has 0 bridgehead atoms. The highest BCUT2D eigenvalue weighted by Gasteiger charge is 2.40. The van der Waals surface area contributed by atoms with Crippen molar-refractivity contribution in [3.05, 3.63) is 0 Å². The molecule has 0 aromatic rings. The molecule has 4 N–H and O–H groups in total. The number of amides is 1. The van der Waals surface area contributed by atoms with Crippen molar-refractivity contribution in [1.29, 1.82) is 0 Å². The second kappa shape index (κ2) is 4.19. The van der Waals surface area contributed by atoms with Crippen LogP contribution >= 0.6 is 7.82 Å². The van der Waals surface area contributed by atoms with Crippen LogP contribution in [-0.4, -0.2) is 21.3 Å². The molecule has 7 heteroatoms. The average molecular weight is 211 g/mol. The van der Waals surface area contributed by atoms with Gasteiger partial charge < -0.3 is 15.5 Å². The van der Waals surface area contributed by atoms with Crippen molar-refractivity contribution >= 4 is 13.7 Å². The number of nitrogens with two attached hydrogens (primary N) is 1. The van der Waals surface area contributed by atoms with Crippen molar-refractivity contribution in [2.24, 2.45) is 5.73 Å². The molecule has 0 saturated heterocycles. The van der Waals surface area contributed by atoms with Crippen LogP contribution in [0, 0.1) is 0 Å². The van der Waals surface area contributed by atoms with E-state index in [1.807, 2.05) is 0 Å². The molecule has 0 aromatic carbocycles. The highest BCUT2D eigenvalue weighted by Crippen LogP contribution is 2.43. The molecule has 0 aromatic heterocycles. The van der Waals surface area contributed by atoms with Gasteiger partial charge in [0.2, 0.25) is 5.91 Å². The Labute approximate surface area is 76.3 Å².